The van der Waals surface area contributed by atoms with E-state index in [9.17, 15) is 4.79 Å². The lowest BCUT2D eigenvalue weighted by Crippen LogP contribution is -2.50. The normalized spacial score (nSPS) is 25.7. The van der Waals surface area contributed by atoms with Gasteiger partial charge in [0, 0.05) is 29.1 Å². The summed E-state index contributed by atoms with van der Waals surface area (Å²) in [5, 5.41) is 3.27. The monoisotopic (exact) mass is 398 g/mol. The molecule has 2 bridgehead atoms. The van der Waals surface area contributed by atoms with Crippen LogP contribution >= 0.6 is 15.9 Å². The Morgan fingerprint density at radius 1 is 1.00 bits per heavy atom. The molecule has 3 nitrogen and oxygen atoms in total. The van der Waals surface area contributed by atoms with E-state index in [1.807, 2.05) is 24.3 Å². The minimum Gasteiger partial charge on any atom is -0.349 e. The zero-order valence-corrected chi connectivity index (χ0v) is 15.8. The number of carbonyl (C=O) groups excluding carboxylic acids is 1. The maximum atomic E-state index is 12.6. The van der Waals surface area contributed by atoms with Gasteiger partial charge in [0.1, 0.15) is 0 Å². The number of nitrogens with one attached hydrogen (secondary N) is 1. The number of piperidine rings is 1. The Hall–Kier alpha value is -1.65. The lowest BCUT2D eigenvalue weighted by molar-refractivity contribution is 0.0827. The zero-order chi connectivity index (χ0) is 17.2. The van der Waals surface area contributed by atoms with Crippen molar-refractivity contribution in [3.8, 4) is 0 Å². The second-order valence-electron chi connectivity index (χ2n) is 7.16. The molecule has 2 aliphatic rings. The molecule has 25 heavy (non-hydrogen) atoms. The van der Waals surface area contributed by atoms with Crippen LogP contribution in [0.4, 0.5) is 0 Å². The Bertz CT molecular complexity index is 735. The molecule has 0 saturated carbocycles. The van der Waals surface area contributed by atoms with E-state index in [-0.39, 0.29) is 11.9 Å². The van der Waals surface area contributed by atoms with Crippen molar-refractivity contribution in [1.29, 1.82) is 0 Å². The van der Waals surface area contributed by atoms with Gasteiger partial charge in [0.15, 0.2) is 0 Å². The molecular formula is C21H23BrN2O. The van der Waals surface area contributed by atoms with E-state index in [2.05, 4.69) is 56.5 Å². The van der Waals surface area contributed by atoms with Gasteiger partial charge in [0.25, 0.3) is 5.91 Å². The molecule has 2 aliphatic heterocycles. The summed E-state index contributed by atoms with van der Waals surface area (Å²) in [5.74, 6) is 0.0355. The number of hydrogen-bond donors (Lipinski definition) is 1. The molecule has 2 atom stereocenters. The minimum absolute atomic E-state index is 0.0355. The summed E-state index contributed by atoms with van der Waals surface area (Å²) in [6.07, 6.45) is 4.61. The largest absolute Gasteiger partial charge is 0.349 e. The third-order valence-corrected chi connectivity index (χ3v) is 6.24. The number of nitrogens with zero attached hydrogens (tertiary/aromatic N) is 1. The molecule has 0 aromatic heterocycles. The number of amides is 1. The van der Waals surface area contributed by atoms with Gasteiger partial charge in [-0.25, -0.2) is 0 Å². The van der Waals surface area contributed by atoms with E-state index in [4.69, 9.17) is 0 Å². The number of benzene rings is 2. The highest BCUT2D eigenvalue weighted by molar-refractivity contribution is 9.10. The summed E-state index contributed by atoms with van der Waals surface area (Å²) in [5.41, 5.74) is 2.11. The SMILES string of the molecule is O=C(NC1C[C@H]2CC[C@H](C1)N2Cc1ccccc1)c1ccccc1Br. The fourth-order valence-electron chi connectivity index (χ4n) is 4.35. The molecule has 4 heteroatoms. The van der Waals surface area contributed by atoms with E-state index in [0.29, 0.717) is 12.1 Å². The van der Waals surface area contributed by atoms with Crippen LogP contribution in [-0.2, 0) is 6.54 Å². The lowest BCUT2D eigenvalue weighted by atomic mass is 9.96. The van der Waals surface area contributed by atoms with E-state index in [0.717, 1.165) is 29.4 Å². The van der Waals surface area contributed by atoms with Crippen LogP contribution in [-0.4, -0.2) is 28.9 Å². The third-order valence-electron chi connectivity index (χ3n) is 5.55. The van der Waals surface area contributed by atoms with E-state index in [1.165, 1.54) is 18.4 Å². The fraction of sp³-hybridized carbons (Fsp3) is 0.381. The summed E-state index contributed by atoms with van der Waals surface area (Å²) < 4.78 is 0.858. The van der Waals surface area contributed by atoms with Crippen LogP contribution in [0.2, 0.25) is 0 Å². The second kappa shape index (κ2) is 7.30. The van der Waals surface area contributed by atoms with Crippen molar-refractivity contribution in [3.63, 3.8) is 0 Å². The van der Waals surface area contributed by atoms with Gasteiger partial charge in [-0.15, -0.1) is 0 Å². The Morgan fingerprint density at radius 2 is 1.64 bits per heavy atom. The van der Waals surface area contributed by atoms with Gasteiger partial charge in [-0.2, -0.15) is 0 Å². The molecule has 4 rings (SSSR count). The smallest absolute Gasteiger partial charge is 0.252 e. The molecule has 2 saturated heterocycles. The first-order chi connectivity index (χ1) is 12.2. The fourth-order valence-corrected chi connectivity index (χ4v) is 4.82. The highest BCUT2D eigenvalue weighted by atomic mass is 79.9. The number of halogens is 1. The predicted molar refractivity (Wildman–Crippen MR) is 103 cm³/mol. The molecule has 2 aromatic rings. The Kier molecular flexibility index (Phi) is 4.91. The molecule has 2 heterocycles. The molecule has 2 aromatic carbocycles. The van der Waals surface area contributed by atoms with Crippen molar-refractivity contribution in [3.05, 3.63) is 70.2 Å². The summed E-state index contributed by atoms with van der Waals surface area (Å²) in [6.45, 7) is 1.03. The first kappa shape index (κ1) is 16.8. The van der Waals surface area contributed by atoms with Crippen molar-refractivity contribution in [1.82, 2.24) is 10.2 Å². The molecular weight excluding hydrogens is 376 g/mol. The molecule has 1 N–H and O–H groups in total. The zero-order valence-electron chi connectivity index (χ0n) is 14.2. The van der Waals surface area contributed by atoms with Crippen LogP contribution in [0.5, 0.6) is 0 Å². The van der Waals surface area contributed by atoms with Crippen LogP contribution in [0, 0.1) is 0 Å². The summed E-state index contributed by atoms with van der Waals surface area (Å²) in [7, 11) is 0. The van der Waals surface area contributed by atoms with Crippen LogP contribution in [0.25, 0.3) is 0 Å². The average Bonchev–Trinajstić information content (AvgIpc) is 2.85. The Labute approximate surface area is 157 Å². The predicted octanol–water partition coefficient (Wildman–Crippen LogP) is 4.37. The van der Waals surface area contributed by atoms with Crippen LogP contribution in [0.15, 0.2) is 59.1 Å². The quantitative estimate of drug-likeness (QED) is 0.828. The number of rotatable bonds is 4. The average molecular weight is 399 g/mol. The molecule has 2 fully saturated rings. The molecule has 1 amide bonds. The van der Waals surface area contributed by atoms with Gasteiger partial charge in [-0.1, -0.05) is 42.5 Å². The Morgan fingerprint density at radius 3 is 2.32 bits per heavy atom. The highest BCUT2D eigenvalue weighted by Gasteiger charge is 2.40. The van der Waals surface area contributed by atoms with Gasteiger partial charge in [-0.05, 0) is 59.3 Å². The maximum Gasteiger partial charge on any atom is 0.252 e. The molecule has 0 spiro atoms. The van der Waals surface area contributed by atoms with Crippen molar-refractivity contribution >= 4 is 21.8 Å². The topological polar surface area (TPSA) is 32.3 Å². The van der Waals surface area contributed by atoms with Gasteiger partial charge in [0.05, 0.1) is 5.56 Å². The van der Waals surface area contributed by atoms with E-state index < -0.39 is 0 Å². The van der Waals surface area contributed by atoms with Crippen molar-refractivity contribution in [2.75, 3.05) is 0 Å². The maximum absolute atomic E-state index is 12.6. The second-order valence-corrected chi connectivity index (χ2v) is 8.02. The lowest BCUT2D eigenvalue weighted by Gasteiger charge is -2.39. The first-order valence-corrected chi connectivity index (χ1v) is 9.85. The molecule has 130 valence electrons. The van der Waals surface area contributed by atoms with E-state index in [1.54, 1.807) is 0 Å². The third kappa shape index (κ3) is 3.65. The van der Waals surface area contributed by atoms with Crippen molar-refractivity contribution < 1.29 is 4.79 Å². The van der Waals surface area contributed by atoms with Crippen LogP contribution < -0.4 is 5.32 Å². The minimum atomic E-state index is 0.0355. The van der Waals surface area contributed by atoms with Crippen molar-refractivity contribution in [2.45, 2.75) is 50.4 Å². The number of carbonyl (C=O) groups is 1. The highest BCUT2D eigenvalue weighted by Crippen LogP contribution is 2.37. The van der Waals surface area contributed by atoms with Gasteiger partial charge >= 0.3 is 0 Å². The molecule has 0 radical (unpaired) electrons. The Balaban J connectivity index is 1.40. The van der Waals surface area contributed by atoms with Gasteiger partial charge < -0.3 is 5.32 Å². The van der Waals surface area contributed by atoms with Gasteiger partial charge in [-0.3, -0.25) is 9.69 Å². The summed E-state index contributed by atoms with van der Waals surface area (Å²) in [6, 6.07) is 19.8. The summed E-state index contributed by atoms with van der Waals surface area (Å²) in [4.78, 5) is 15.2. The standard InChI is InChI=1S/C21H23BrN2O/c22-20-9-5-4-8-19(20)21(25)23-16-12-17-10-11-18(13-16)24(17)14-15-6-2-1-3-7-15/h1-9,16-18H,10-14H2,(H,23,25)/t17-,18-/m1/s1. The van der Waals surface area contributed by atoms with E-state index >= 15 is 0 Å². The van der Waals surface area contributed by atoms with Crippen LogP contribution in [0.1, 0.15) is 41.6 Å². The number of fused-ring (bicyclic) bond motifs is 2. The molecule has 0 unspecified atom stereocenters. The van der Waals surface area contributed by atoms with Crippen LogP contribution in [0.3, 0.4) is 0 Å². The number of hydrogen-bond acceptors (Lipinski definition) is 2. The van der Waals surface area contributed by atoms with Gasteiger partial charge in [0.2, 0.25) is 0 Å². The van der Waals surface area contributed by atoms with Crippen molar-refractivity contribution in [2.24, 2.45) is 0 Å². The first-order valence-electron chi connectivity index (χ1n) is 9.06. The summed E-state index contributed by atoms with van der Waals surface area (Å²) >= 11 is 3.48. The molecule has 0 aliphatic carbocycles.